The van der Waals surface area contributed by atoms with E-state index in [0.717, 1.165) is 37.4 Å². The summed E-state index contributed by atoms with van der Waals surface area (Å²) in [5.74, 6) is 7.91. The summed E-state index contributed by atoms with van der Waals surface area (Å²) in [5, 5.41) is 0. The van der Waals surface area contributed by atoms with Gasteiger partial charge in [0.05, 0.1) is 0 Å². The molecule has 1 aliphatic rings. The van der Waals surface area contributed by atoms with Gasteiger partial charge in [0.25, 0.3) is 0 Å². The summed E-state index contributed by atoms with van der Waals surface area (Å²) in [6, 6.07) is 8.52. The minimum Gasteiger partial charge on any atom is -0.326 e. The highest BCUT2D eigenvalue weighted by Gasteiger charge is 2.20. The molecular weight excluding hydrogens is 262 g/mol. The summed E-state index contributed by atoms with van der Waals surface area (Å²) in [6.45, 7) is 5.16. The predicted molar refractivity (Wildman–Crippen MR) is 85.7 cm³/mol. The SMILES string of the molecule is CCc1nc(NN)cc(N2CCCc3cc(C)ccc32)n1. The Hall–Kier alpha value is -2.14. The number of hydrogen-bond acceptors (Lipinski definition) is 5. The lowest BCUT2D eigenvalue weighted by atomic mass is 9.99. The molecule has 0 amide bonds. The summed E-state index contributed by atoms with van der Waals surface area (Å²) in [4.78, 5) is 11.3. The fourth-order valence-corrected chi connectivity index (χ4v) is 2.82. The molecular formula is C16H21N5. The Morgan fingerprint density at radius 2 is 2.14 bits per heavy atom. The van der Waals surface area contributed by atoms with E-state index in [1.54, 1.807) is 0 Å². The minimum atomic E-state index is 0.663. The van der Waals surface area contributed by atoms with Gasteiger partial charge in [-0.15, -0.1) is 0 Å². The van der Waals surface area contributed by atoms with Gasteiger partial charge >= 0.3 is 0 Å². The van der Waals surface area contributed by atoms with Crippen LogP contribution in [-0.4, -0.2) is 16.5 Å². The van der Waals surface area contributed by atoms with Gasteiger partial charge in [0, 0.05) is 24.7 Å². The first kappa shape index (κ1) is 13.8. The molecule has 0 unspecified atom stereocenters. The number of aryl methyl sites for hydroxylation is 3. The fourth-order valence-electron chi connectivity index (χ4n) is 2.82. The molecule has 3 rings (SSSR count). The van der Waals surface area contributed by atoms with Gasteiger partial charge in [-0.05, 0) is 31.4 Å². The number of fused-ring (bicyclic) bond motifs is 1. The van der Waals surface area contributed by atoms with Gasteiger partial charge in [0.15, 0.2) is 0 Å². The van der Waals surface area contributed by atoms with Crippen LogP contribution in [0.2, 0.25) is 0 Å². The summed E-state index contributed by atoms with van der Waals surface area (Å²) >= 11 is 0. The largest absolute Gasteiger partial charge is 0.326 e. The normalized spacial score (nSPS) is 14.0. The number of rotatable bonds is 3. The van der Waals surface area contributed by atoms with Gasteiger partial charge in [-0.2, -0.15) is 0 Å². The van der Waals surface area contributed by atoms with Crippen LogP contribution in [0.4, 0.5) is 17.3 Å². The molecule has 0 bridgehead atoms. The van der Waals surface area contributed by atoms with E-state index in [-0.39, 0.29) is 0 Å². The highest BCUT2D eigenvalue weighted by Crippen LogP contribution is 2.33. The molecule has 1 aromatic heterocycles. The number of benzene rings is 1. The van der Waals surface area contributed by atoms with Gasteiger partial charge in [0.1, 0.15) is 17.5 Å². The van der Waals surface area contributed by atoms with Gasteiger partial charge < -0.3 is 10.3 Å². The monoisotopic (exact) mass is 283 g/mol. The Morgan fingerprint density at radius 1 is 1.29 bits per heavy atom. The maximum atomic E-state index is 5.53. The van der Waals surface area contributed by atoms with Crippen LogP contribution >= 0.6 is 0 Å². The van der Waals surface area contributed by atoms with Crippen molar-refractivity contribution in [2.75, 3.05) is 16.9 Å². The minimum absolute atomic E-state index is 0.663. The second-order valence-corrected chi connectivity index (χ2v) is 5.41. The second kappa shape index (κ2) is 5.69. The van der Waals surface area contributed by atoms with Crippen molar-refractivity contribution in [3.63, 3.8) is 0 Å². The third-order valence-electron chi connectivity index (χ3n) is 3.85. The smallest absolute Gasteiger partial charge is 0.145 e. The number of nitrogens with two attached hydrogens (primary N) is 1. The quantitative estimate of drug-likeness (QED) is 0.669. The van der Waals surface area contributed by atoms with Crippen LogP contribution in [0.1, 0.15) is 30.3 Å². The van der Waals surface area contributed by atoms with E-state index in [2.05, 4.69) is 45.4 Å². The summed E-state index contributed by atoms with van der Waals surface area (Å²) in [6.07, 6.45) is 3.05. The predicted octanol–water partition coefficient (Wildman–Crippen LogP) is 2.72. The number of nitrogen functional groups attached to an aromatic ring is 1. The van der Waals surface area contributed by atoms with Crippen LogP contribution in [0, 0.1) is 6.92 Å². The average Bonchev–Trinajstić information content (AvgIpc) is 2.53. The summed E-state index contributed by atoms with van der Waals surface area (Å²) in [5.41, 5.74) is 6.57. The van der Waals surface area contributed by atoms with E-state index in [4.69, 9.17) is 5.84 Å². The maximum absolute atomic E-state index is 5.53. The molecule has 110 valence electrons. The molecule has 0 saturated carbocycles. The zero-order valence-corrected chi connectivity index (χ0v) is 12.6. The van der Waals surface area contributed by atoms with Crippen molar-refractivity contribution in [2.45, 2.75) is 33.1 Å². The maximum Gasteiger partial charge on any atom is 0.145 e. The van der Waals surface area contributed by atoms with Crippen LogP contribution in [0.25, 0.3) is 0 Å². The highest BCUT2D eigenvalue weighted by molar-refractivity contribution is 5.67. The molecule has 0 spiro atoms. The number of hydrazine groups is 1. The third-order valence-corrected chi connectivity index (χ3v) is 3.85. The first-order valence-corrected chi connectivity index (χ1v) is 7.43. The topological polar surface area (TPSA) is 67.1 Å². The molecule has 2 aromatic rings. The van der Waals surface area contributed by atoms with Crippen molar-refractivity contribution in [3.05, 3.63) is 41.2 Å². The van der Waals surface area contributed by atoms with Gasteiger partial charge in [-0.25, -0.2) is 15.8 Å². The molecule has 0 radical (unpaired) electrons. The average molecular weight is 283 g/mol. The third kappa shape index (κ3) is 2.69. The van der Waals surface area contributed by atoms with Crippen molar-refractivity contribution in [1.29, 1.82) is 0 Å². The number of aromatic nitrogens is 2. The summed E-state index contributed by atoms with van der Waals surface area (Å²) < 4.78 is 0. The van der Waals surface area contributed by atoms with Crippen molar-refractivity contribution in [2.24, 2.45) is 5.84 Å². The first-order chi connectivity index (χ1) is 10.2. The lowest BCUT2D eigenvalue weighted by Gasteiger charge is -2.31. The van der Waals surface area contributed by atoms with Gasteiger partial charge in [0.2, 0.25) is 0 Å². The Balaban J connectivity index is 2.06. The van der Waals surface area contributed by atoms with Crippen LogP contribution < -0.4 is 16.2 Å². The molecule has 2 heterocycles. The molecule has 0 saturated heterocycles. The van der Waals surface area contributed by atoms with Gasteiger partial charge in [-0.1, -0.05) is 24.6 Å². The van der Waals surface area contributed by atoms with E-state index < -0.39 is 0 Å². The van der Waals surface area contributed by atoms with E-state index in [0.29, 0.717) is 5.82 Å². The zero-order chi connectivity index (χ0) is 14.8. The van der Waals surface area contributed by atoms with Crippen LogP contribution in [0.3, 0.4) is 0 Å². The zero-order valence-electron chi connectivity index (χ0n) is 12.6. The van der Waals surface area contributed by atoms with Gasteiger partial charge in [-0.3, -0.25) is 0 Å². The first-order valence-electron chi connectivity index (χ1n) is 7.43. The molecule has 1 aromatic carbocycles. The fraction of sp³-hybridized carbons (Fsp3) is 0.375. The second-order valence-electron chi connectivity index (χ2n) is 5.41. The van der Waals surface area contributed by atoms with Crippen LogP contribution in [-0.2, 0) is 12.8 Å². The molecule has 21 heavy (non-hydrogen) atoms. The van der Waals surface area contributed by atoms with Crippen molar-refractivity contribution < 1.29 is 0 Å². The molecule has 0 atom stereocenters. The molecule has 0 aliphatic carbocycles. The Bertz CT molecular complexity index is 631. The molecule has 5 heteroatoms. The van der Waals surface area contributed by atoms with E-state index in [9.17, 15) is 0 Å². The molecule has 3 N–H and O–H groups in total. The molecule has 0 fully saturated rings. The molecule has 5 nitrogen and oxygen atoms in total. The summed E-state index contributed by atoms with van der Waals surface area (Å²) in [7, 11) is 0. The van der Waals surface area contributed by atoms with E-state index in [1.807, 2.05) is 13.0 Å². The number of nitrogens with one attached hydrogen (secondary N) is 1. The number of anilines is 3. The van der Waals surface area contributed by atoms with E-state index in [1.165, 1.54) is 16.8 Å². The number of nitrogens with zero attached hydrogens (tertiary/aromatic N) is 3. The standard InChI is InChI=1S/C16H21N5/c1-3-14-18-15(20-17)10-16(19-14)21-8-4-5-12-9-11(2)6-7-13(12)21/h6-7,9-10H,3-5,8,17H2,1-2H3,(H,18,19,20). The highest BCUT2D eigenvalue weighted by atomic mass is 15.3. The Morgan fingerprint density at radius 3 is 2.90 bits per heavy atom. The molecule has 1 aliphatic heterocycles. The van der Waals surface area contributed by atoms with Crippen molar-refractivity contribution in [3.8, 4) is 0 Å². The lowest BCUT2D eigenvalue weighted by molar-refractivity contribution is 0.753. The van der Waals surface area contributed by atoms with Crippen LogP contribution in [0.15, 0.2) is 24.3 Å². The Labute approximate surface area is 125 Å². The Kier molecular flexibility index (Phi) is 3.75. The van der Waals surface area contributed by atoms with Crippen molar-refractivity contribution >= 4 is 17.3 Å². The van der Waals surface area contributed by atoms with E-state index >= 15 is 0 Å². The number of hydrogen-bond donors (Lipinski definition) is 2. The van der Waals surface area contributed by atoms with Crippen molar-refractivity contribution in [1.82, 2.24) is 9.97 Å². The van der Waals surface area contributed by atoms with Crippen LogP contribution in [0.5, 0.6) is 0 Å². The lowest BCUT2D eigenvalue weighted by Crippen LogP contribution is -2.26.